The molecule has 148 valence electrons. The van der Waals surface area contributed by atoms with Gasteiger partial charge in [0.15, 0.2) is 0 Å². The lowest BCUT2D eigenvalue weighted by Crippen LogP contribution is -2.38. The lowest BCUT2D eigenvalue weighted by molar-refractivity contribution is 0.0504. The van der Waals surface area contributed by atoms with Crippen LogP contribution in [0.4, 0.5) is 4.79 Å². The van der Waals surface area contributed by atoms with Gasteiger partial charge >= 0.3 is 6.09 Å². The highest BCUT2D eigenvalue weighted by Gasteiger charge is 2.28. The van der Waals surface area contributed by atoms with Crippen LogP contribution in [0.1, 0.15) is 59.3 Å². The van der Waals surface area contributed by atoms with Crippen LogP contribution >= 0.6 is 0 Å². The minimum Gasteiger partial charge on any atom is -0.444 e. The van der Waals surface area contributed by atoms with Crippen molar-refractivity contribution in [1.29, 1.82) is 0 Å². The first kappa shape index (κ1) is 22.2. The lowest BCUT2D eigenvalue weighted by atomic mass is 10.2. The Morgan fingerprint density at radius 3 is 1.84 bits per heavy atom. The summed E-state index contributed by atoms with van der Waals surface area (Å²) < 4.78 is 5.23. The van der Waals surface area contributed by atoms with Gasteiger partial charge in [-0.2, -0.15) is 0 Å². The van der Waals surface area contributed by atoms with E-state index in [4.69, 9.17) is 10.5 Å². The minimum absolute atomic E-state index is 0.266. The van der Waals surface area contributed by atoms with Crippen LogP contribution in [0, 0.1) is 0 Å². The van der Waals surface area contributed by atoms with Crippen molar-refractivity contribution in [2.24, 2.45) is 5.73 Å². The van der Waals surface area contributed by atoms with E-state index in [-0.39, 0.29) is 12.1 Å². The molecular weight excluding hydrogens is 316 g/mol. The Labute approximate surface area is 154 Å². The molecule has 0 heterocycles. The summed E-state index contributed by atoms with van der Waals surface area (Å²) in [5.41, 5.74) is 5.32. The second kappa shape index (κ2) is 9.74. The normalized spacial score (nSPS) is 29.5. The second-order valence-electron chi connectivity index (χ2n) is 8.96. The van der Waals surface area contributed by atoms with Crippen LogP contribution in [0.3, 0.4) is 0 Å². The highest BCUT2D eigenvalue weighted by atomic mass is 16.6. The third-order valence-electron chi connectivity index (χ3n) is 5.03. The van der Waals surface area contributed by atoms with E-state index in [0.29, 0.717) is 12.1 Å². The maximum atomic E-state index is 11.5. The maximum absolute atomic E-state index is 11.5. The molecule has 0 aromatic rings. The standard InChI is InChI=1S/C12H24N2O2.C7H16N2/c1-12(2,3)16-11(15)13-9-6-7-10(8-9)14(4)5;1-9(2)7-4-3-6(8)5-7/h9-10H,6-8H2,1-5H3,(H,13,15);6-7H,3-5,8H2,1-2H3/t9-,10+;6-,7+/m00/s1. The maximum Gasteiger partial charge on any atom is 0.407 e. The van der Waals surface area contributed by atoms with Gasteiger partial charge in [-0.3, -0.25) is 0 Å². The molecule has 4 atom stereocenters. The highest BCUT2D eigenvalue weighted by Crippen LogP contribution is 2.23. The average molecular weight is 357 g/mol. The molecule has 0 aliphatic heterocycles. The van der Waals surface area contributed by atoms with E-state index in [1.807, 2.05) is 20.8 Å². The monoisotopic (exact) mass is 356 g/mol. The third kappa shape index (κ3) is 8.88. The summed E-state index contributed by atoms with van der Waals surface area (Å²) in [5, 5.41) is 2.93. The molecule has 0 aromatic heterocycles. The predicted octanol–water partition coefficient (Wildman–Crippen LogP) is 2.42. The van der Waals surface area contributed by atoms with Crippen LogP contribution in [0.5, 0.6) is 0 Å². The van der Waals surface area contributed by atoms with Crippen molar-refractivity contribution in [3.63, 3.8) is 0 Å². The number of ether oxygens (including phenoxy) is 1. The molecule has 0 spiro atoms. The molecule has 0 saturated heterocycles. The molecule has 2 rings (SSSR count). The van der Waals surface area contributed by atoms with Gasteiger partial charge < -0.3 is 25.6 Å². The van der Waals surface area contributed by atoms with Crippen LogP contribution in [-0.2, 0) is 4.74 Å². The molecule has 6 nitrogen and oxygen atoms in total. The fourth-order valence-electron chi connectivity index (χ4n) is 3.49. The third-order valence-corrected chi connectivity index (χ3v) is 5.03. The number of hydrogen-bond acceptors (Lipinski definition) is 5. The predicted molar refractivity (Wildman–Crippen MR) is 104 cm³/mol. The van der Waals surface area contributed by atoms with E-state index in [9.17, 15) is 4.79 Å². The molecule has 2 saturated carbocycles. The smallest absolute Gasteiger partial charge is 0.407 e. The highest BCUT2D eigenvalue weighted by molar-refractivity contribution is 5.68. The first-order chi connectivity index (χ1) is 11.5. The van der Waals surface area contributed by atoms with E-state index in [1.54, 1.807) is 0 Å². The zero-order chi connectivity index (χ0) is 19.2. The number of carbonyl (C=O) groups excluding carboxylic acids is 1. The Balaban J connectivity index is 0.000000293. The van der Waals surface area contributed by atoms with Crippen LogP contribution < -0.4 is 11.1 Å². The van der Waals surface area contributed by atoms with Gasteiger partial charge in [0.1, 0.15) is 5.60 Å². The Morgan fingerprint density at radius 1 is 0.960 bits per heavy atom. The largest absolute Gasteiger partial charge is 0.444 e. The molecule has 3 N–H and O–H groups in total. The number of hydrogen-bond donors (Lipinski definition) is 2. The molecule has 0 bridgehead atoms. The summed E-state index contributed by atoms with van der Waals surface area (Å²) in [4.78, 5) is 16.0. The van der Waals surface area contributed by atoms with E-state index in [0.717, 1.165) is 25.3 Å². The Morgan fingerprint density at radius 2 is 1.48 bits per heavy atom. The summed E-state index contributed by atoms with van der Waals surface area (Å²) >= 11 is 0. The van der Waals surface area contributed by atoms with E-state index in [1.165, 1.54) is 19.3 Å². The van der Waals surface area contributed by atoms with Crippen LogP contribution in [0.15, 0.2) is 0 Å². The molecule has 2 fully saturated rings. The number of nitrogens with two attached hydrogens (primary N) is 1. The number of nitrogens with zero attached hydrogens (tertiary/aromatic N) is 2. The van der Waals surface area contributed by atoms with Gasteiger partial charge in [0, 0.05) is 24.2 Å². The van der Waals surface area contributed by atoms with Crippen molar-refractivity contribution in [3.05, 3.63) is 0 Å². The Kier molecular flexibility index (Phi) is 8.64. The van der Waals surface area contributed by atoms with Gasteiger partial charge in [0.2, 0.25) is 0 Å². The number of rotatable bonds is 3. The molecular formula is C19H40N4O2. The Bertz CT molecular complexity index is 407. The zero-order valence-electron chi connectivity index (χ0n) is 17.3. The summed E-state index contributed by atoms with van der Waals surface area (Å²) in [5.74, 6) is 0. The first-order valence-electron chi connectivity index (χ1n) is 9.56. The fraction of sp³-hybridized carbons (Fsp3) is 0.947. The quantitative estimate of drug-likeness (QED) is 0.813. The number of carbonyl (C=O) groups is 1. The molecule has 2 aliphatic rings. The molecule has 0 unspecified atom stereocenters. The fourth-order valence-corrected chi connectivity index (χ4v) is 3.49. The van der Waals surface area contributed by atoms with E-state index in [2.05, 4.69) is 43.3 Å². The van der Waals surface area contributed by atoms with Crippen molar-refractivity contribution in [1.82, 2.24) is 15.1 Å². The van der Waals surface area contributed by atoms with Crippen LogP contribution in [0.2, 0.25) is 0 Å². The summed E-state index contributed by atoms with van der Waals surface area (Å²) in [6.45, 7) is 5.64. The van der Waals surface area contributed by atoms with Gasteiger partial charge in [-0.05, 0) is 87.5 Å². The molecule has 1 amide bonds. The minimum atomic E-state index is -0.413. The van der Waals surface area contributed by atoms with Gasteiger partial charge in [-0.1, -0.05) is 0 Å². The van der Waals surface area contributed by atoms with Crippen molar-refractivity contribution in [3.8, 4) is 0 Å². The van der Waals surface area contributed by atoms with Crippen molar-refractivity contribution in [2.45, 2.75) is 89.1 Å². The summed E-state index contributed by atoms with van der Waals surface area (Å²) in [6.07, 6.45) is 6.60. The van der Waals surface area contributed by atoms with Crippen molar-refractivity contribution in [2.75, 3.05) is 28.2 Å². The van der Waals surface area contributed by atoms with Crippen LogP contribution in [-0.4, -0.2) is 73.9 Å². The van der Waals surface area contributed by atoms with Crippen LogP contribution in [0.25, 0.3) is 0 Å². The molecule has 0 aromatic carbocycles. The Hall–Kier alpha value is -0.850. The molecule has 2 aliphatic carbocycles. The number of nitrogens with one attached hydrogen (secondary N) is 1. The summed E-state index contributed by atoms with van der Waals surface area (Å²) in [6, 6.07) is 2.07. The zero-order valence-corrected chi connectivity index (χ0v) is 17.3. The van der Waals surface area contributed by atoms with Gasteiger partial charge in [-0.15, -0.1) is 0 Å². The lowest BCUT2D eigenvalue weighted by Gasteiger charge is -2.22. The first-order valence-corrected chi connectivity index (χ1v) is 9.56. The molecule has 25 heavy (non-hydrogen) atoms. The van der Waals surface area contributed by atoms with E-state index >= 15 is 0 Å². The van der Waals surface area contributed by atoms with Crippen molar-refractivity contribution < 1.29 is 9.53 Å². The number of alkyl carbamates (subject to hydrolysis) is 1. The average Bonchev–Trinajstić information content (AvgIpc) is 3.06. The molecule has 0 radical (unpaired) electrons. The number of amides is 1. The summed E-state index contributed by atoms with van der Waals surface area (Å²) in [7, 11) is 8.42. The second-order valence-corrected chi connectivity index (χ2v) is 8.96. The van der Waals surface area contributed by atoms with Gasteiger partial charge in [0.05, 0.1) is 0 Å². The SMILES string of the molecule is CN(C)[C@@H]1CC[C@H](N)C1.CN(C)[C@@H]1CC[C@H](NC(=O)OC(C)(C)C)C1. The van der Waals surface area contributed by atoms with E-state index < -0.39 is 5.60 Å². The van der Waals surface area contributed by atoms with Gasteiger partial charge in [0.25, 0.3) is 0 Å². The van der Waals surface area contributed by atoms with Crippen molar-refractivity contribution >= 4 is 6.09 Å². The van der Waals surface area contributed by atoms with Gasteiger partial charge in [-0.25, -0.2) is 4.79 Å². The topological polar surface area (TPSA) is 70.8 Å². The molecule has 6 heteroatoms.